The lowest BCUT2D eigenvalue weighted by Crippen LogP contribution is -2.16. The Balaban J connectivity index is 2.49. The Morgan fingerprint density at radius 2 is 2.00 bits per heavy atom. The third-order valence-corrected chi connectivity index (χ3v) is 2.92. The number of nitriles is 1. The number of anilines is 1. The molecule has 0 heterocycles. The standard InChI is InChI=1S/C15H21FN2/c1-11(2)5-4-6-12(3)18-15-8-7-13(10-17)9-14(15)16/h7-9,11-12,18H,4-6H2,1-3H3. The molecule has 0 saturated heterocycles. The average Bonchev–Trinajstić information content (AvgIpc) is 2.31. The van der Waals surface area contributed by atoms with Crippen molar-refractivity contribution in [1.29, 1.82) is 5.26 Å². The van der Waals surface area contributed by atoms with Crippen LogP contribution in [0.25, 0.3) is 0 Å². The quantitative estimate of drug-likeness (QED) is 0.813. The van der Waals surface area contributed by atoms with Crippen molar-refractivity contribution in [1.82, 2.24) is 0 Å². The molecule has 1 unspecified atom stereocenters. The molecule has 1 aromatic carbocycles. The highest BCUT2D eigenvalue weighted by molar-refractivity contribution is 5.49. The van der Waals surface area contributed by atoms with Crippen LogP contribution in [0.1, 0.15) is 45.6 Å². The van der Waals surface area contributed by atoms with Crippen molar-refractivity contribution in [3.05, 3.63) is 29.6 Å². The number of halogens is 1. The van der Waals surface area contributed by atoms with Gasteiger partial charge in [-0.1, -0.05) is 26.7 Å². The minimum atomic E-state index is -0.357. The summed E-state index contributed by atoms with van der Waals surface area (Å²) in [5, 5.41) is 11.8. The zero-order valence-electron chi connectivity index (χ0n) is 11.3. The highest BCUT2D eigenvalue weighted by atomic mass is 19.1. The van der Waals surface area contributed by atoms with Crippen molar-refractivity contribution in [2.45, 2.75) is 46.1 Å². The van der Waals surface area contributed by atoms with Gasteiger partial charge in [-0.25, -0.2) is 4.39 Å². The molecule has 0 aliphatic rings. The predicted molar refractivity (Wildman–Crippen MR) is 72.9 cm³/mol. The van der Waals surface area contributed by atoms with Crippen LogP contribution in [0.3, 0.4) is 0 Å². The van der Waals surface area contributed by atoms with E-state index in [-0.39, 0.29) is 11.9 Å². The SMILES string of the molecule is CC(C)CCCC(C)Nc1ccc(C#N)cc1F. The topological polar surface area (TPSA) is 35.8 Å². The van der Waals surface area contributed by atoms with Gasteiger partial charge in [-0.2, -0.15) is 5.26 Å². The Labute approximate surface area is 109 Å². The van der Waals surface area contributed by atoms with Gasteiger partial charge in [0.2, 0.25) is 0 Å². The van der Waals surface area contributed by atoms with E-state index in [1.807, 2.05) is 6.07 Å². The van der Waals surface area contributed by atoms with Crippen molar-refractivity contribution < 1.29 is 4.39 Å². The third-order valence-electron chi connectivity index (χ3n) is 2.92. The first-order valence-corrected chi connectivity index (χ1v) is 6.49. The summed E-state index contributed by atoms with van der Waals surface area (Å²) in [5.74, 6) is 0.355. The van der Waals surface area contributed by atoms with E-state index in [1.165, 1.54) is 12.5 Å². The lowest BCUT2D eigenvalue weighted by molar-refractivity contribution is 0.519. The van der Waals surface area contributed by atoms with Crippen molar-refractivity contribution in [2.75, 3.05) is 5.32 Å². The lowest BCUT2D eigenvalue weighted by Gasteiger charge is -2.16. The minimum absolute atomic E-state index is 0.242. The van der Waals surface area contributed by atoms with Crippen LogP contribution < -0.4 is 5.32 Å². The minimum Gasteiger partial charge on any atom is -0.380 e. The van der Waals surface area contributed by atoms with Crippen LogP contribution in [0.15, 0.2) is 18.2 Å². The molecule has 3 heteroatoms. The van der Waals surface area contributed by atoms with Crippen LogP contribution >= 0.6 is 0 Å². The highest BCUT2D eigenvalue weighted by Gasteiger charge is 2.07. The number of benzene rings is 1. The van der Waals surface area contributed by atoms with Crippen LogP contribution in [0.2, 0.25) is 0 Å². The van der Waals surface area contributed by atoms with E-state index in [1.54, 1.807) is 12.1 Å². The molecule has 1 rings (SSSR count). The first kappa shape index (κ1) is 14.5. The van der Waals surface area contributed by atoms with E-state index in [0.29, 0.717) is 17.2 Å². The van der Waals surface area contributed by atoms with Crippen LogP contribution in [-0.4, -0.2) is 6.04 Å². The largest absolute Gasteiger partial charge is 0.380 e. The third kappa shape index (κ3) is 4.75. The molecule has 0 aromatic heterocycles. The molecule has 98 valence electrons. The van der Waals surface area contributed by atoms with Gasteiger partial charge in [-0.05, 0) is 37.5 Å². The van der Waals surface area contributed by atoms with Crippen molar-refractivity contribution >= 4 is 5.69 Å². The summed E-state index contributed by atoms with van der Waals surface area (Å²) in [6, 6.07) is 6.70. The van der Waals surface area contributed by atoms with Crippen molar-refractivity contribution in [2.24, 2.45) is 5.92 Å². The van der Waals surface area contributed by atoms with Gasteiger partial charge in [-0.15, -0.1) is 0 Å². The maximum absolute atomic E-state index is 13.6. The summed E-state index contributed by atoms with van der Waals surface area (Å²) >= 11 is 0. The van der Waals surface area contributed by atoms with E-state index < -0.39 is 0 Å². The van der Waals surface area contributed by atoms with Crippen LogP contribution in [0, 0.1) is 23.1 Å². The summed E-state index contributed by atoms with van der Waals surface area (Å²) in [7, 11) is 0. The maximum Gasteiger partial charge on any atom is 0.147 e. The van der Waals surface area contributed by atoms with Crippen LogP contribution in [-0.2, 0) is 0 Å². The number of rotatable bonds is 6. The van der Waals surface area contributed by atoms with Gasteiger partial charge in [0.25, 0.3) is 0 Å². The van der Waals surface area contributed by atoms with E-state index in [4.69, 9.17) is 5.26 Å². The Kier molecular flexibility index (Phi) is 5.64. The van der Waals surface area contributed by atoms with Gasteiger partial charge in [0.1, 0.15) is 5.82 Å². The Morgan fingerprint density at radius 1 is 1.28 bits per heavy atom. The molecule has 18 heavy (non-hydrogen) atoms. The molecule has 0 radical (unpaired) electrons. The van der Waals surface area contributed by atoms with Gasteiger partial charge in [0, 0.05) is 6.04 Å². The summed E-state index contributed by atoms with van der Waals surface area (Å²) in [6.07, 6.45) is 3.36. The van der Waals surface area contributed by atoms with E-state index in [0.717, 1.165) is 12.8 Å². The van der Waals surface area contributed by atoms with E-state index in [9.17, 15) is 4.39 Å². The van der Waals surface area contributed by atoms with Crippen molar-refractivity contribution in [3.63, 3.8) is 0 Å². The summed E-state index contributed by atoms with van der Waals surface area (Å²) in [4.78, 5) is 0. The lowest BCUT2D eigenvalue weighted by atomic mass is 10.0. The Hall–Kier alpha value is -1.56. The molecule has 2 nitrogen and oxygen atoms in total. The maximum atomic E-state index is 13.6. The van der Waals surface area contributed by atoms with Gasteiger partial charge < -0.3 is 5.32 Å². The molecule has 1 atom stereocenters. The molecule has 0 bridgehead atoms. The second-order valence-corrected chi connectivity index (χ2v) is 5.18. The average molecular weight is 248 g/mol. The monoisotopic (exact) mass is 248 g/mol. The summed E-state index contributed by atoms with van der Waals surface area (Å²) < 4.78 is 13.6. The second-order valence-electron chi connectivity index (χ2n) is 5.18. The first-order valence-electron chi connectivity index (χ1n) is 6.49. The molecule has 0 aliphatic carbocycles. The smallest absolute Gasteiger partial charge is 0.147 e. The molecular formula is C15H21FN2. The molecule has 0 saturated carbocycles. The fraction of sp³-hybridized carbons (Fsp3) is 0.533. The Morgan fingerprint density at radius 3 is 2.56 bits per heavy atom. The van der Waals surface area contributed by atoms with Crippen molar-refractivity contribution in [3.8, 4) is 6.07 Å². The fourth-order valence-electron chi connectivity index (χ4n) is 1.87. The normalized spacial score (nSPS) is 12.2. The number of nitrogens with zero attached hydrogens (tertiary/aromatic N) is 1. The zero-order chi connectivity index (χ0) is 13.5. The van der Waals surface area contributed by atoms with Gasteiger partial charge in [0.15, 0.2) is 0 Å². The number of hydrogen-bond donors (Lipinski definition) is 1. The van der Waals surface area contributed by atoms with Crippen LogP contribution in [0.5, 0.6) is 0 Å². The molecule has 1 N–H and O–H groups in total. The first-order chi connectivity index (χ1) is 8.52. The van der Waals surface area contributed by atoms with E-state index in [2.05, 4.69) is 26.1 Å². The van der Waals surface area contributed by atoms with Gasteiger partial charge in [0.05, 0.1) is 17.3 Å². The van der Waals surface area contributed by atoms with Gasteiger partial charge >= 0.3 is 0 Å². The molecule has 0 amide bonds. The molecule has 0 aliphatic heterocycles. The molecular weight excluding hydrogens is 227 g/mol. The number of nitrogens with one attached hydrogen (secondary N) is 1. The summed E-state index contributed by atoms with van der Waals surface area (Å²) in [5.41, 5.74) is 0.830. The number of hydrogen-bond acceptors (Lipinski definition) is 2. The Bertz CT molecular complexity index is 421. The second kappa shape index (κ2) is 7.00. The highest BCUT2D eigenvalue weighted by Crippen LogP contribution is 2.18. The summed E-state index contributed by atoms with van der Waals surface area (Å²) in [6.45, 7) is 6.47. The molecule has 0 spiro atoms. The molecule has 1 aromatic rings. The zero-order valence-corrected chi connectivity index (χ0v) is 11.3. The fourth-order valence-corrected chi connectivity index (χ4v) is 1.87. The van der Waals surface area contributed by atoms with E-state index >= 15 is 0 Å². The predicted octanol–water partition coefficient (Wildman–Crippen LogP) is 4.32. The molecule has 0 fully saturated rings. The van der Waals surface area contributed by atoms with Gasteiger partial charge in [-0.3, -0.25) is 0 Å². The van der Waals surface area contributed by atoms with Crippen LogP contribution in [0.4, 0.5) is 10.1 Å².